The molecule has 0 bridgehead atoms. The molecule has 0 saturated carbocycles. The molecule has 2 rings (SSSR count). The summed E-state index contributed by atoms with van der Waals surface area (Å²) >= 11 is 0. The lowest BCUT2D eigenvalue weighted by atomic mass is 10.1. The average molecular weight is 212 g/mol. The fourth-order valence-corrected chi connectivity index (χ4v) is 1.75. The van der Waals surface area contributed by atoms with Crippen LogP contribution < -0.4 is 0 Å². The second-order valence-corrected chi connectivity index (χ2v) is 3.85. The van der Waals surface area contributed by atoms with E-state index in [2.05, 4.69) is 46.8 Å². The van der Waals surface area contributed by atoms with Crippen LogP contribution in [0, 0.1) is 0 Å². The molecular formula is C14H16N2. The molecule has 16 heavy (non-hydrogen) atoms. The first-order valence-electron chi connectivity index (χ1n) is 5.51. The number of nitrogens with zero attached hydrogens (tertiary/aromatic N) is 2. The third-order valence-electron chi connectivity index (χ3n) is 2.75. The van der Waals surface area contributed by atoms with Gasteiger partial charge >= 0.3 is 0 Å². The van der Waals surface area contributed by atoms with Crippen molar-refractivity contribution in [3.63, 3.8) is 0 Å². The van der Waals surface area contributed by atoms with Crippen molar-refractivity contribution in [1.29, 1.82) is 0 Å². The van der Waals surface area contributed by atoms with Gasteiger partial charge in [-0.15, -0.1) is 0 Å². The van der Waals surface area contributed by atoms with Crippen molar-refractivity contribution in [1.82, 2.24) is 9.55 Å². The molecule has 0 N–H and O–H groups in total. The highest BCUT2D eigenvalue weighted by Crippen LogP contribution is 2.18. The summed E-state index contributed by atoms with van der Waals surface area (Å²) in [6.45, 7) is 4.20. The topological polar surface area (TPSA) is 17.8 Å². The maximum atomic E-state index is 4.07. The molecular weight excluding hydrogens is 196 g/mol. The molecule has 82 valence electrons. The highest BCUT2D eigenvalue weighted by molar-refractivity contribution is 5.49. The molecule has 0 aliphatic heterocycles. The van der Waals surface area contributed by atoms with E-state index in [1.807, 2.05) is 31.7 Å². The molecule has 2 heteroatoms. The van der Waals surface area contributed by atoms with Gasteiger partial charge in [0, 0.05) is 12.4 Å². The number of aromatic nitrogens is 2. The molecule has 1 aromatic carbocycles. The number of hydrogen-bond acceptors (Lipinski definition) is 1. The normalized spacial score (nSPS) is 13.1. The Bertz CT molecular complexity index is 452. The Hall–Kier alpha value is -1.83. The summed E-state index contributed by atoms with van der Waals surface area (Å²) in [4.78, 5) is 4.07. The van der Waals surface area contributed by atoms with Crippen molar-refractivity contribution in [2.45, 2.75) is 19.9 Å². The van der Waals surface area contributed by atoms with Gasteiger partial charge in [0.2, 0.25) is 0 Å². The number of hydrogen-bond donors (Lipinski definition) is 0. The zero-order chi connectivity index (χ0) is 11.4. The van der Waals surface area contributed by atoms with Crippen molar-refractivity contribution in [2.24, 2.45) is 0 Å². The van der Waals surface area contributed by atoms with Crippen LogP contribution in [0.5, 0.6) is 0 Å². The van der Waals surface area contributed by atoms with Gasteiger partial charge < -0.3 is 4.57 Å². The van der Waals surface area contributed by atoms with Gasteiger partial charge in [-0.1, -0.05) is 36.4 Å². The lowest BCUT2D eigenvalue weighted by Crippen LogP contribution is -2.03. The number of imidazole rings is 1. The van der Waals surface area contributed by atoms with E-state index in [-0.39, 0.29) is 0 Å². The van der Waals surface area contributed by atoms with E-state index in [1.165, 1.54) is 11.1 Å². The van der Waals surface area contributed by atoms with E-state index in [9.17, 15) is 0 Å². The number of allylic oxidation sites excluding steroid dienone is 1. The van der Waals surface area contributed by atoms with Gasteiger partial charge in [0.25, 0.3) is 0 Å². The summed E-state index contributed by atoms with van der Waals surface area (Å²) in [6, 6.07) is 8.95. The van der Waals surface area contributed by atoms with Gasteiger partial charge in [0.15, 0.2) is 0 Å². The van der Waals surface area contributed by atoms with Crippen LogP contribution in [0.15, 0.2) is 49.1 Å². The maximum Gasteiger partial charge on any atom is 0.0951 e. The fraction of sp³-hybridized carbons (Fsp3) is 0.214. The SMILES string of the molecule is CC=Cc1ccc(C(C)n2ccnc2)cc1. The predicted molar refractivity (Wildman–Crippen MR) is 67.2 cm³/mol. The van der Waals surface area contributed by atoms with E-state index in [1.54, 1.807) is 0 Å². The summed E-state index contributed by atoms with van der Waals surface area (Å²) in [5, 5.41) is 0. The molecule has 2 aromatic rings. The Morgan fingerprint density at radius 2 is 2.00 bits per heavy atom. The van der Waals surface area contributed by atoms with Crippen LogP contribution >= 0.6 is 0 Å². The second-order valence-electron chi connectivity index (χ2n) is 3.85. The molecule has 1 atom stereocenters. The standard InChI is InChI=1S/C14H16N2/c1-3-4-13-5-7-14(8-6-13)12(2)16-10-9-15-11-16/h3-12H,1-2H3. The predicted octanol–water partition coefficient (Wildman–Crippen LogP) is 3.53. The lowest BCUT2D eigenvalue weighted by Gasteiger charge is -2.13. The highest BCUT2D eigenvalue weighted by atomic mass is 15.0. The first kappa shape index (κ1) is 10.7. The maximum absolute atomic E-state index is 4.07. The van der Waals surface area contributed by atoms with Gasteiger partial charge in [-0.2, -0.15) is 0 Å². The molecule has 0 saturated heterocycles. The Balaban J connectivity index is 2.21. The van der Waals surface area contributed by atoms with Crippen LogP contribution in [0.2, 0.25) is 0 Å². The molecule has 0 aliphatic rings. The molecule has 2 nitrogen and oxygen atoms in total. The summed E-state index contributed by atoms with van der Waals surface area (Å²) < 4.78 is 2.10. The van der Waals surface area contributed by atoms with Crippen molar-refractivity contribution >= 4 is 6.08 Å². The molecule has 0 amide bonds. The lowest BCUT2D eigenvalue weighted by molar-refractivity contribution is 0.638. The van der Waals surface area contributed by atoms with Crippen LogP contribution in [0.4, 0.5) is 0 Å². The minimum absolute atomic E-state index is 0.335. The Morgan fingerprint density at radius 3 is 2.56 bits per heavy atom. The van der Waals surface area contributed by atoms with Crippen molar-refractivity contribution in [3.8, 4) is 0 Å². The minimum atomic E-state index is 0.335. The van der Waals surface area contributed by atoms with Crippen LogP contribution in [0.3, 0.4) is 0 Å². The van der Waals surface area contributed by atoms with Crippen molar-refractivity contribution < 1.29 is 0 Å². The monoisotopic (exact) mass is 212 g/mol. The van der Waals surface area contributed by atoms with Crippen LogP contribution in [-0.4, -0.2) is 9.55 Å². The minimum Gasteiger partial charge on any atom is -0.330 e. The molecule has 0 radical (unpaired) electrons. The van der Waals surface area contributed by atoms with Gasteiger partial charge in [-0.3, -0.25) is 0 Å². The quantitative estimate of drug-likeness (QED) is 0.761. The second kappa shape index (κ2) is 4.79. The van der Waals surface area contributed by atoms with Gasteiger partial charge in [-0.05, 0) is 25.0 Å². The van der Waals surface area contributed by atoms with E-state index >= 15 is 0 Å². The van der Waals surface area contributed by atoms with E-state index in [4.69, 9.17) is 0 Å². The highest BCUT2D eigenvalue weighted by Gasteiger charge is 2.05. The molecule has 1 aromatic heterocycles. The third kappa shape index (κ3) is 2.22. The average Bonchev–Trinajstić information content (AvgIpc) is 2.83. The number of benzene rings is 1. The summed E-state index contributed by atoms with van der Waals surface area (Å²) in [7, 11) is 0. The van der Waals surface area contributed by atoms with Crippen molar-refractivity contribution in [3.05, 3.63) is 60.2 Å². The Kier molecular flexibility index (Phi) is 3.20. The first-order chi connectivity index (χ1) is 7.81. The van der Waals surface area contributed by atoms with E-state index < -0.39 is 0 Å². The van der Waals surface area contributed by atoms with Crippen LogP contribution in [0.1, 0.15) is 31.0 Å². The Morgan fingerprint density at radius 1 is 1.25 bits per heavy atom. The van der Waals surface area contributed by atoms with Crippen molar-refractivity contribution in [2.75, 3.05) is 0 Å². The fourth-order valence-electron chi connectivity index (χ4n) is 1.75. The molecule has 0 spiro atoms. The zero-order valence-electron chi connectivity index (χ0n) is 9.67. The largest absolute Gasteiger partial charge is 0.330 e. The molecule has 1 unspecified atom stereocenters. The summed E-state index contributed by atoms with van der Waals surface area (Å²) in [5.41, 5.74) is 2.54. The van der Waals surface area contributed by atoms with Gasteiger partial charge in [0.05, 0.1) is 12.4 Å². The van der Waals surface area contributed by atoms with E-state index in [0.29, 0.717) is 6.04 Å². The first-order valence-corrected chi connectivity index (χ1v) is 5.51. The van der Waals surface area contributed by atoms with Crippen LogP contribution in [-0.2, 0) is 0 Å². The summed E-state index contributed by atoms with van der Waals surface area (Å²) in [6.07, 6.45) is 9.81. The van der Waals surface area contributed by atoms with E-state index in [0.717, 1.165) is 0 Å². The molecule has 1 heterocycles. The number of rotatable bonds is 3. The smallest absolute Gasteiger partial charge is 0.0951 e. The van der Waals surface area contributed by atoms with Gasteiger partial charge in [-0.25, -0.2) is 4.98 Å². The Labute approximate surface area is 96.3 Å². The third-order valence-corrected chi connectivity index (χ3v) is 2.75. The summed E-state index contributed by atoms with van der Waals surface area (Å²) in [5.74, 6) is 0. The molecule has 0 fully saturated rings. The molecule has 0 aliphatic carbocycles. The van der Waals surface area contributed by atoms with Gasteiger partial charge in [0.1, 0.15) is 0 Å². The van der Waals surface area contributed by atoms with Crippen LogP contribution in [0.25, 0.3) is 6.08 Å². The zero-order valence-corrected chi connectivity index (χ0v) is 9.67.